The van der Waals surface area contributed by atoms with Gasteiger partial charge in [-0.2, -0.15) is 10.4 Å². The van der Waals surface area contributed by atoms with Crippen LogP contribution < -0.4 is 11.5 Å². The van der Waals surface area contributed by atoms with Gasteiger partial charge in [-0.3, -0.25) is 9.05 Å². The Labute approximate surface area is 332 Å². The summed E-state index contributed by atoms with van der Waals surface area (Å²) in [5, 5.41) is 13.8. The minimum absolute atomic E-state index is 0.130. The molecule has 3 heterocycles. The van der Waals surface area contributed by atoms with Crippen molar-refractivity contribution in [2.24, 2.45) is 5.73 Å². The van der Waals surface area contributed by atoms with Crippen LogP contribution in [0.25, 0.3) is 5.52 Å². The van der Waals surface area contributed by atoms with Crippen LogP contribution >= 0.6 is 19.4 Å². The summed E-state index contributed by atoms with van der Waals surface area (Å²) in [6, 6.07) is 10.7. The first-order chi connectivity index (χ1) is 26.6. The maximum absolute atomic E-state index is 13.0. The van der Waals surface area contributed by atoms with Crippen LogP contribution in [0.4, 0.5) is 5.82 Å². The van der Waals surface area contributed by atoms with E-state index in [9.17, 15) is 14.7 Å². The van der Waals surface area contributed by atoms with Crippen molar-refractivity contribution in [1.82, 2.24) is 14.6 Å². The first-order valence-corrected chi connectivity index (χ1v) is 22.0. The standard InChI is InChI=1S/C40H62ClN6O7P/c1-2-3-4-5-6-7-8-9-10-11-12-13-14-15-16-17-24-50-28-34(51-27-32-18-19-33(26-42)35(41)25-32)29-52-55(48,49)53-30-40(44)23-22-38(54-40)36-20-21-37-39(43)45-31-46-47(36)37/h18-21,25,31,34,38H,2-17,22-24,27-30,44H2,1H3,(H,48,49)(H2,43,45,46)/t34-,38-,40+/m1/s1. The lowest BCUT2D eigenvalue weighted by Gasteiger charge is -2.26. The lowest BCUT2D eigenvalue weighted by atomic mass is 10.0. The number of ether oxygens (including phenoxy) is 3. The molecule has 0 spiro atoms. The maximum Gasteiger partial charge on any atom is 0.472 e. The number of unbranched alkanes of at least 4 members (excludes halogenated alkanes) is 15. The number of phosphoric acid groups is 1. The summed E-state index contributed by atoms with van der Waals surface area (Å²) in [6.07, 6.45) is 21.9. The molecule has 0 bridgehead atoms. The third-order valence-corrected chi connectivity index (χ3v) is 11.3. The molecule has 0 radical (unpaired) electrons. The lowest BCUT2D eigenvalue weighted by Crippen LogP contribution is -2.43. The van der Waals surface area contributed by atoms with E-state index in [1.54, 1.807) is 28.8 Å². The molecule has 1 aliphatic rings. The fourth-order valence-corrected chi connectivity index (χ4v) is 7.83. The van der Waals surface area contributed by atoms with Crippen LogP contribution in [0.5, 0.6) is 0 Å². The molecule has 5 N–H and O–H groups in total. The third-order valence-electron chi connectivity index (χ3n) is 10.0. The third kappa shape index (κ3) is 16.0. The number of halogens is 1. The van der Waals surface area contributed by atoms with Gasteiger partial charge in [-0.1, -0.05) is 121 Å². The molecule has 0 amide bonds. The number of benzene rings is 1. The number of anilines is 1. The average Bonchev–Trinajstić information content (AvgIpc) is 3.79. The number of phosphoric ester groups is 1. The molecule has 1 aromatic carbocycles. The van der Waals surface area contributed by atoms with Crippen LogP contribution in [-0.4, -0.2) is 57.7 Å². The molecule has 13 nitrogen and oxygen atoms in total. The molecule has 1 unspecified atom stereocenters. The van der Waals surface area contributed by atoms with Gasteiger partial charge in [-0.25, -0.2) is 14.1 Å². The molecule has 4 rings (SSSR count). The van der Waals surface area contributed by atoms with Gasteiger partial charge in [-0.15, -0.1) is 0 Å². The minimum Gasteiger partial charge on any atom is -0.382 e. The highest BCUT2D eigenvalue weighted by Crippen LogP contribution is 2.46. The molecule has 1 saturated heterocycles. The normalized spacial score (nSPS) is 18.8. The van der Waals surface area contributed by atoms with E-state index in [-0.39, 0.29) is 26.4 Å². The highest BCUT2D eigenvalue weighted by Gasteiger charge is 2.41. The van der Waals surface area contributed by atoms with E-state index in [0.29, 0.717) is 41.4 Å². The first kappa shape index (κ1) is 45.1. The summed E-state index contributed by atoms with van der Waals surface area (Å²) in [5.41, 5.74) is 13.6. The van der Waals surface area contributed by atoms with E-state index in [4.69, 9.17) is 46.3 Å². The summed E-state index contributed by atoms with van der Waals surface area (Å²) in [4.78, 5) is 14.6. The van der Waals surface area contributed by atoms with Crippen molar-refractivity contribution in [3.63, 3.8) is 0 Å². The molecule has 55 heavy (non-hydrogen) atoms. The Hall–Kier alpha value is -2.63. The summed E-state index contributed by atoms with van der Waals surface area (Å²) in [7, 11) is -4.55. The number of hydrogen-bond donors (Lipinski definition) is 3. The molecule has 1 fully saturated rings. The number of hydrogen-bond acceptors (Lipinski definition) is 11. The van der Waals surface area contributed by atoms with Crippen molar-refractivity contribution in [2.45, 2.75) is 147 Å². The number of nitrogens with zero attached hydrogens (tertiary/aromatic N) is 4. The van der Waals surface area contributed by atoms with Crippen molar-refractivity contribution in [2.75, 3.05) is 32.2 Å². The second-order valence-electron chi connectivity index (χ2n) is 14.7. The zero-order valence-corrected chi connectivity index (χ0v) is 34.2. The maximum atomic E-state index is 13.0. The van der Waals surface area contributed by atoms with Gasteiger partial charge in [0.05, 0.1) is 36.1 Å². The molecule has 306 valence electrons. The molecule has 0 saturated carbocycles. The van der Waals surface area contributed by atoms with E-state index in [2.05, 4.69) is 17.0 Å². The second kappa shape index (κ2) is 24.2. The topological polar surface area (TPSA) is 189 Å². The Balaban J connectivity index is 1.14. The quantitative estimate of drug-likeness (QED) is 0.0446. The SMILES string of the molecule is CCCCCCCCCCCCCCCCCCOC[C@H](COP(=O)(O)OC[C@]1(N)CC[C@H](c2ccc3c(N)ncnn23)O1)OCc1ccc(C#N)c(Cl)c1. The predicted molar refractivity (Wildman–Crippen MR) is 214 cm³/mol. The predicted octanol–water partition coefficient (Wildman–Crippen LogP) is 9.34. The van der Waals surface area contributed by atoms with Crippen LogP contribution in [0.1, 0.15) is 145 Å². The van der Waals surface area contributed by atoms with Crippen molar-refractivity contribution < 1.29 is 32.7 Å². The van der Waals surface area contributed by atoms with Gasteiger partial charge in [-0.05, 0) is 49.1 Å². The molecule has 3 aromatic rings. The molecule has 4 atom stereocenters. The Morgan fingerprint density at radius 2 is 1.65 bits per heavy atom. The van der Waals surface area contributed by atoms with Crippen LogP contribution in [0, 0.1) is 11.3 Å². The van der Waals surface area contributed by atoms with Crippen LogP contribution in [0.3, 0.4) is 0 Å². The second-order valence-corrected chi connectivity index (χ2v) is 16.5. The molecular formula is C40H62ClN6O7P. The van der Waals surface area contributed by atoms with Gasteiger partial charge in [0.25, 0.3) is 0 Å². The lowest BCUT2D eigenvalue weighted by molar-refractivity contribution is -0.0771. The summed E-state index contributed by atoms with van der Waals surface area (Å²) >= 11 is 6.21. The summed E-state index contributed by atoms with van der Waals surface area (Å²) in [6.45, 7) is 2.44. The summed E-state index contributed by atoms with van der Waals surface area (Å²) < 4.78 is 43.4. The van der Waals surface area contributed by atoms with Crippen molar-refractivity contribution in [3.8, 4) is 6.07 Å². The largest absolute Gasteiger partial charge is 0.472 e. The van der Waals surface area contributed by atoms with E-state index in [1.807, 2.05) is 12.1 Å². The number of nitriles is 1. The Morgan fingerprint density at radius 3 is 2.29 bits per heavy atom. The molecular weight excluding hydrogens is 743 g/mol. The van der Waals surface area contributed by atoms with Gasteiger partial charge < -0.3 is 30.6 Å². The number of rotatable bonds is 29. The van der Waals surface area contributed by atoms with E-state index >= 15 is 0 Å². The molecule has 15 heteroatoms. The fourth-order valence-electron chi connectivity index (χ4n) is 6.78. The molecule has 0 aliphatic carbocycles. The Kier molecular flexibility index (Phi) is 19.8. The van der Waals surface area contributed by atoms with Crippen molar-refractivity contribution in [1.29, 1.82) is 5.26 Å². The zero-order chi connectivity index (χ0) is 39.4. The monoisotopic (exact) mass is 804 g/mol. The van der Waals surface area contributed by atoms with Crippen molar-refractivity contribution >= 4 is 30.8 Å². The zero-order valence-electron chi connectivity index (χ0n) is 32.5. The van der Waals surface area contributed by atoms with Gasteiger partial charge in [0.1, 0.15) is 42.5 Å². The van der Waals surface area contributed by atoms with Crippen LogP contribution in [-0.2, 0) is 34.4 Å². The number of fused-ring (bicyclic) bond motifs is 1. The molecule has 2 aromatic heterocycles. The smallest absolute Gasteiger partial charge is 0.382 e. The Bertz CT molecular complexity index is 1660. The van der Waals surface area contributed by atoms with Gasteiger partial charge >= 0.3 is 7.82 Å². The summed E-state index contributed by atoms with van der Waals surface area (Å²) in [5.74, 6) is 0.341. The minimum atomic E-state index is -4.55. The van der Waals surface area contributed by atoms with E-state index < -0.39 is 25.8 Å². The highest BCUT2D eigenvalue weighted by molar-refractivity contribution is 7.47. The fraction of sp³-hybridized carbons (Fsp3) is 0.675. The average molecular weight is 805 g/mol. The number of aromatic nitrogens is 3. The molecule has 1 aliphatic heterocycles. The van der Waals surface area contributed by atoms with Crippen LogP contribution in [0.2, 0.25) is 5.02 Å². The van der Waals surface area contributed by atoms with Gasteiger partial charge in [0.2, 0.25) is 0 Å². The van der Waals surface area contributed by atoms with E-state index in [0.717, 1.165) is 24.1 Å². The number of nitrogen functional groups attached to an aromatic ring is 1. The highest BCUT2D eigenvalue weighted by atomic mass is 35.5. The van der Waals surface area contributed by atoms with Crippen molar-refractivity contribution in [3.05, 3.63) is 58.5 Å². The van der Waals surface area contributed by atoms with E-state index in [1.165, 1.54) is 96.2 Å². The van der Waals surface area contributed by atoms with Gasteiger partial charge in [0.15, 0.2) is 5.82 Å². The van der Waals surface area contributed by atoms with Gasteiger partial charge in [0, 0.05) is 6.61 Å². The first-order valence-electron chi connectivity index (χ1n) is 20.2. The number of nitrogens with two attached hydrogens (primary N) is 2. The Morgan fingerprint density at radius 1 is 1.00 bits per heavy atom. The van der Waals surface area contributed by atoms with Crippen LogP contribution in [0.15, 0.2) is 36.7 Å².